The number of ether oxygens (including phenoxy) is 1. The Morgan fingerprint density at radius 1 is 1.55 bits per heavy atom. The molecule has 7 heteroatoms. The van der Waals surface area contributed by atoms with E-state index in [1.807, 2.05) is 22.4 Å². The van der Waals surface area contributed by atoms with E-state index in [1.54, 1.807) is 18.4 Å². The number of likely N-dealkylation sites (tertiary alicyclic amines) is 1. The highest BCUT2D eigenvalue weighted by Gasteiger charge is 2.28. The number of hydrogen-bond donors (Lipinski definition) is 0. The predicted octanol–water partition coefficient (Wildman–Crippen LogP) is 2.54. The first-order chi connectivity index (χ1) is 10.8. The number of carbonyl (C=O) groups excluding carboxylic acids is 1. The molecule has 1 aliphatic rings. The second-order valence-electron chi connectivity index (χ2n) is 5.34. The molecule has 1 saturated heterocycles. The van der Waals surface area contributed by atoms with Crippen molar-refractivity contribution in [3.63, 3.8) is 0 Å². The molecule has 0 unspecified atom stereocenters. The number of methoxy groups -OCH3 is 1. The number of piperidine rings is 1. The lowest BCUT2D eigenvalue weighted by Gasteiger charge is -2.31. The van der Waals surface area contributed by atoms with Crippen LogP contribution in [-0.4, -0.2) is 47.8 Å². The molecule has 118 valence electrons. The van der Waals surface area contributed by atoms with Crippen LogP contribution in [0.2, 0.25) is 0 Å². The monoisotopic (exact) mass is 321 g/mol. The van der Waals surface area contributed by atoms with Crippen LogP contribution in [0.15, 0.2) is 21.9 Å². The Bertz CT molecular complexity index is 611. The summed E-state index contributed by atoms with van der Waals surface area (Å²) in [6, 6.07) is 3.92. The summed E-state index contributed by atoms with van der Waals surface area (Å²) in [5.41, 5.74) is 0. The highest BCUT2D eigenvalue weighted by atomic mass is 32.1. The maximum Gasteiger partial charge on any atom is 0.257 e. The lowest BCUT2D eigenvalue weighted by molar-refractivity contribution is -0.133. The minimum atomic E-state index is 0.126. The summed E-state index contributed by atoms with van der Waals surface area (Å²) in [6.45, 7) is 1.91. The van der Waals surface area contributed by atoms with Gasteiger partial charge in [-0.05, 0) is 24.3 Å². The molecule has 1 amide bonds. The Balaban J connectivity index is 1.66. The van der Waals surface area contributed by atoms with Crippen molar-refractivity contribution in [2.75, 3.05) is 26.8 Å². The number of thiophene rings is 1. The molecule has 3 heterocycles. The fourth-order valence-electron chi connectivity index (χ4n) is 2.65. The van der Waals surface area contributed by atoms with Crippen molar-refractivity contribution in [2.24, 2.45) is 0 Å². The van der Waals surface area contributed by atoms with Gasteiger partial charge in [0.25, 0.3) is 5.89 Å². The van der Waals surface area contributed by atoms with Crippen molar-refractivity contribution in [1.82, 2.24) is 15.1 Å². The van der Waals surface area contributed by atoms with Crippen LogP contribution in [0.3, 0.4) is 0 Å². The Morgan fingerprint density at radius 2 is 2.45 bits per heavy atom. The van der Waals surface area contributed by atoms with Gasteiger partial charge in [0.05, 0.1) is 23.8 Å². The zero-order valence-corrected chi connectivity index (χ0v) is 13.3. The van der Waals surface area contributed by atoms with Crippen LogP contribution in [0, 0.1) is 0 Å². The first kappa shape index (κ1) is 15.2. The summed E-state index contributed by atoms with van der Waals surface area (Å²) >= 11 is 1.58. The van der Waals surface area contributed by atoms with Crippen LogP contribution in [0.4, 0.5) is 0 Å². The maximum atomic E-state index is 12.1. The fraction of sp³-hybridized carbons (Fsp3) is 0.533. The third-order valence-corrected chi connectivity index (χ3v) is 4.67. The van der Waals surface area contributed by atoms with Gasteiger partial charge < -0.3 is 14.1 Å². The predicted molar refractivity (Wildman–Crippen MR) is 82.7 cm³/mol. The largest absolute Gasteiger partial charge is 0.420 e. The van der Waals surface area contributed by atoms with E-state index in [4.69, 9.17) is 9.15 Å². The molecule has 1 aliphatic heterocycles. The lowest BCUT2D eigenvalue weighted by atomic mass is 9.98. The van der Waals surface area contributed by atoms with E-state index in [0.29, 0.717) is 31.4 Å². The van der Waals surface area contributed by atoms with Gasteiger partial charge in [-0.2, -0.15) is 0 Å². The van der Waals surface area contributed by atoms with Gasteiger partial charge >= 0.3 is 0 Å². The molecule has 0 radical (unpaired) electrons. The molecule has 3 rings (SSSR count). The third kappa shape index (κ3) is 3.36. The zero-order valence-electron chi connectivity index (χ0n) is 12.5. The summed E-state index contributed by atoms with van der Waals surface area (Å²) in [7, 11) is 1.61. The van der Waals surface area contributed by atoms with Gasteiger partial charge in [-0.25, -0.2) is 0 Å². The van der Waals surface area contributed by atoms with Crippen LogP contribution in [0.25, 0.3) is 10.8 Å². The lowest BCUT2D eigenvalue weighted by Crippen LogP contribution is -2.39. The highest BCUT2D eigenvalue weighted by Crippen LogP contribution is 2.30. The molecule has 6 nitrogen and oxygen atoms in total. The third-order valence-electron chi connectivity index (χ3n) is 3.82. The van der Waals surface area contributed by atoms with Crippen molar-refractivity contribution in [2.45, 2.75) is 25.2 Å². The van der Waals surface area contributed by atoms with E-state index in [9.17, 15) is 4.79 Å². The molecule has 0 bridgehead atoms. The van der Waals surface area contributed by atoms with E-state index in [1.165, 1.54) is 0 Å². The van der Waals surface area contributed by atoms with Crippen LogP contribution in [0.5, 0.6) is 0 Å². The van der Waals surface area contributed by atoms with Gasteiger partial charge in [0.15, 0.2) is 0 Å². The van der Waals surface area contributed by atoms with Gasteiger partial charge in [0.1, 0.15) is 0 Å². The van der Waals surface area contributed by atoms with Crippen molar-refractivity contribution in [3.05, 3.63) is 23.4 Å². The molecule has 1 atom stereocenters. The quantitative estimate of drug-likeness (QED) is 0.846. The zero-order chi connectivity index (χ0) is 15.4. The van der Waals surface area contributed by atoms with Crippen LogP contribution >= 0.6 is 11.3 Å². The summed E-state index contributed by atoms with van der Waals surface area (Å²) in [5, 5.41) is 10.3. The molecule has 2 aromatic heterocycles. The number of rotatable bonds is 5. The number of aromatic nitrogens is 2. The normalized spacial score (nSPS) is 18.6. The molecule has 0 aromatic carbocycles. The van der Waals surface area contributed by atoms with E-state index in [2.05, 4.69) is 10.2 Å². The molecule has 0 N–H and O–H groups in total. The number of nitrogens with zero attached hydrogens (tertiary/aromatic N) is 3. The average Bonchev–Trinajstić information content (AvgIpc) is 3.23. The van der Waals surface area contributed by atoms with Crippen molar-refractivity contribution in [3.8, 4) is 10.8 Å². The van der Waals surface area contributed by atoms with E-state index in [0.717, 1.165) is 24.3 Å². The molecule has 0 spiro atoms. The van der Waals surface area contributed by atoms with Gasteiger partial charge in [0, 0.05) is 20.2 Å². The average molecular weight is 321 g/mol. The molecule has 0 saturated carbocycles. The van der Waals surface area contributed by atoms with Crippen molar-refractivity contribution < 1.29 is 13.9 Å². The second kappa shape index (κ2) is 7.02. The van der Waals surface area contributed by atoms with Crippen LogP contribution < -0.4 is 0 Å². The first-order valence-electron chi connectivity index (χ1n) is 7.42. The standard InChI is InChI=1S/C15H19N3O3S/c1-20-8-6-13(19)18-7-2-4-11(10-18)14-16-17-15(21-14)12-5-3-9-22-12/h3,5,9,11H,2,4,6-8,10H2,1H3/t11-/m0/s1. The summed E-state index contributed by atoms with van der Waals surface area (Å²) < 4.78 is 10.8. The highest BCUT2D eigenvalue weighted by molar-refractivity contribution is 7.13. The summed E-state index contributed by atoms with van der Waals surface area (Å²) in [4.78, 5) is 15.0. The fourth-order valence-corrected chi connectivity index (χ4v) is 3.30. The van der Waals surface area contributed by atoms with Crippen LogP contribution in [0.1, 0.15) is 31.1 Å². The number of hydrogen-bond acceptors (Lipinski definition) is 6. The van der Waals surface area contributed by atoms with E-state index >= 15 is 0 Å². The minimum absolute atomic E-state index is 0.126. The number of amides is 1. The molecule has 2 aromatic rings. The van der Waals surface area contributed by atoms with Crippen molar-refractivity contribution in [1.29, 1.82) is 0 Å². The number of carbonyl (C=O) groups is 1. The van der Waals surface area contributed by atoms with Crippen molar-refractivity contribution >= 4 is 17.2 Å². The van der Waals surface area contributed by atoms with Crippen LogP contribution in [-0.2, 0) is 9.53 Å². The first-order valence-corrected chi connectivity index (χ1v) is 8.30. The second-order valence-corrected chi connectivity index (χ2v) is 6.29. The van der Waals surface area contributed by atoms with Gasteiger partial charge in [-0.3, -0.25) is 4.79 Å². The van der Waals surface area contributed by atoms with E-state index < -0.39 is 0 Å². The Labute approximate surface area is 133 Å². The maximum absolute atomic E-state index is 12.1. The Morgan fingerprint density at radius 3 is 3.23 bits per heavy atom. The van der Waals surface area contributed by atoms with Gasteiger partial charge in [-0.1, -0.05) is 6.07 Å². The SMILES string of the molecule is COCCC(=O)N1CCC[C@H](c2nnc(-c3cccs3)o2)C1. The summed E-state index contributed by atoms with van der Waals surface area (Å²) in [6.07, 6.45) is 2.35. The molecule has 22 heavy (non-hydrogen) atoms. The topological polar surface area (TPSA) is 68.5 Å². The van der Waals surface area contributed by atoms with Gasteiger partial charge in [0.2, 0.25) is 11.8 Å². The molecular weight excluding hydrogens is 302 g/mol. The molecular formula is C15H19N3O3S. The van der Waals surface area contributed by atoms with E-state index in [-0.39, 0.29) is 11.8 Å². The summed E-state index contributed by atoms with van der Waals surface area (Å²) in [5.74, 6) is 1.45. The molecule has 1 fully saturated rings. The van der Waals surface area contributed by atoms with Gasteiger partial charge in [-0.15, -0.1) is 21.5 Å². The minimum Gasteiger partial charge on any atom is -0.420 e. The molecule has 0 aliphatic carbocycles. The smallest absolute Gasteiger partial charge is 0.257 e. The Kier molecular flexibility index (Phi) is 4.84. The Hall–Kier alpha value is -1.73.